The number of guanidine groups is 1. The normalized spacial score (nSPS) is 15.1. The molecule has 0 amide bonds. The fourth-order valence-electron chi connectivity index (χ4n) is 2.72. The zero-order valence-corrected chi connectivity index (χ0v) is 13.4. The molecule has 0 aliphatic heterocycles. The Balaban J connectivity index is 1.56. The Morgan fingerprint density at radius 2 is 2.04 bits per heavy atom. The van der Waals surface area contributed by atoms with E-state index in [1.54, 1.807) is 7.05 Å². The molecule has 1 aromatic carbocycles. The lowest BCUT2D eigenvalue weighted by atomic mass is 10.2. The van der Waals surface area contributed by atoms with E-state index in [0.29, 0.717) is 12.6 Å². The molecule has 120 valence electrons. The van der Waals surface area contributed by atoms with Crippen LogP contribution in [0.3, 0.4) is 0 Å². The van der Waals surface area contributed by atoms with E-state index in [1.165, 1.54) is 5.56 Å². The number of hydrogen-bond donors (Lipinski definition) is 2. The van der Waals surface area contributed by atoms with Crippen molar-refractivity contribution < 1.29 is 0 Å². The van der Waals surface area contributed by atoms with Gasteiger partial charge in [-0.25, -0.2) is 4.98 Å². The molecule has 23 heavy (non-hydrogen) atoms. The maximum absolute atomic E-state index is 4.46. The fourth-order valence-corrected chi connectivity index (χ4v) is 2.72. The van der Waals surface area contributed by atoms with Gasteiger partial charge in [0.15, 0.2) is 5.96 Å². The summed E-state index contributed by atoms with van der Waals surface area (Å²) in [6, 6.07) is 10.9. The van der Waals surface area contributed by atoms with Crippen LogP contribution >= 0.6 is 0 Å². The second-order valence-electron chi connectivity index (χ2n) is 5.67. The second kappa shape index (κ2) is 7.63. The summed E-state index contributed by atoms with van der Waals surface area (Å²) in [5, 5.41) is 6.79. The van der Waals surface area contributed by atoms with Crippen LogP contribution in [0.4, 0.5) is 0 Å². The van der Waals surface area contributed by atoms with Gasteiger partial charge in [-0.1, -0.05) is 42.5 Å². The summed E-state index contributed by atoms with van der Waals surface area (Å²) in [7, 11) is 1.80. The standard InChI is InChI=1S/C18H23N5/c1-19-18(22-16-9-5-6-10-16)21-13-17-20-11-12-23(17)14-15-7-3-2-4-8-15/h2-8,11-12,16H,9-10,13-14H2,1H3,(H2,19,21,22). The van der Waals surface area contributed by atoms with Crippen LogP contribution < -0.4 is 10.6 Å². The van der Waals surface area contributed by atoms with Crippen molar-refractivity contribution in [3.05, 3.63) is 66.3 Å². The summed E-state index contributed by atoms with van der Waals surface area (Å²) < 4.78 is 2.16. The molecule has 5 nitrogen and oxygen atoms in total. The highest BCUT2D eigenvalue weighted by molar-refractivity contribution is 5.79. The Morgan fingerprint density at radius 3 is 2.78 bits per heavy atom. The van der Waals surface area contributed by atoms with Crippen LogP contribution in [0.5, 0.6) is 0 Å². The largest absolute Gasteiger partial charge is 0.353 e. The third kappa shape index (κ3) is 4.22. The van der Waals surface area contributed by atoms with Crippen molar-refractivity contribution in [2.24, 2.45) is 4.99 Å². The highest BCUT2D eigenvalue weighted by atomic mass is 15.2. The molecule has 1 heterocycles. The lowest BCUT2D eigenvalue weighted by Crippen LogP contribution is -2.42. The van der Waals surface area contributed by atoms with Crippen LogP contribution in [0.1, 0.15) is 24.2 Å². The van der Waals surface area contributed by atoms with E-state index < -0.39 is 0 Å². The van der Waals surface area contributed by atoms with E-state index in [0.717, 1.165) is 31.2 Å². The first kappa shape index (κ1) is 15.3. The lowest BCUT2D eigenvalue weighted by molar-refractivity contribution is 0.623. The quantitative estimate of drug-likeness (QED) is 0.506. The summed E-state index contributed by atoms with van der Waals surface area (Å²) in [5.41, 5.74) is 1.27. The minimum absolute atomic E-state index is 0.449. The summed E-state index contributed by atoms with van der Waals surface area (Å²) in [6.45, 7) is 1.48. The average molecular weight is 309 g/mol. The summed E-state index contributed by atoms with van der Waals surface area (Å²) in [6.07, 6.45) is 10.4. The zero-order chi connectivity index (χ0) is 15.9. The molecule has 0 spiro atoms. The first-order valence-electron chi connectivity index (χ1n) is 8.01. The lowest BCUT2D eigenvalue weighted by Gasteiger charge is -2.17. The van der Waals surface area contributed by atoms with Crippen molar-refractivity contribution in [3.63, 3.8) is 0 Å². The molecule has 0 fully saturated rings. The number of aromatic nitrogens is 2. The smallest absolute Gasteiger partial charge is 0.191 e. The van der Waals surface area contributed by atoms with E-state index in [1.807, 2.05) is 18.5 Å². The highest BCUT2D eigenvalue weighted by Gasteiger charge is 2.12. The highest BCUT2D eigenvalue weighted by Crippen LogP contribution is 2.09. The van der Waals surface area contributed by atoms with Crippen molar-refractivity contribution in [1.82, 2.24) is 20.2 Å². The van der Waals surface area contributed by atoms with Crippen LogP contribution in [-0.4, -0.2) is 28.6 Å². The van der Waals surface area contributed by atoms with Crippen molar-refractivity contribution in [2.75, 3.05) is 7.05 Å². The van der Waals surface area contributed by atoms with Crippen LogP contribution in [-0.2, 0) is 13.1 Å². The molecule has 1 aromatic heterocycles. The monoisotopic (exact) mass is 309 g/mol. The summed E-state index contributed by atoms with van der Waals surface area (Å²) >= 11 is 0. The maximum atomic E-state index is 4.46. The number of imidazole rings is 1. The molecule has 1 aliphatic rings. The molecule has 0 unspecified atom stereocenters. The zero-order valence-electron chi connectivity index (χ0n) is 13.4. The van der Waals surface area contributed by atoms with E-state index in [2.05, 4.69) is 61.6 Å². The van der Waals surface area contributed by atoms with E-state index >= 15 is 0 Å². The Morgan fingerprint density at radius 1 is 1.26 bits per heavy atom. The molecule has 1 aliphatic carbocycles. The van der Waals surface area contributed by atoms with Crippen molar-refractivity contribution in [1.29, 1.82) is 0 Å². The Kier molecular flexibility index (Phi) is 5.09. The van der Waals surface area contributed by atoms with Gasteiger partial charge in [-0.05, 0) is 18.4 Å². The van der Waals surface area contributed by atoms with Gasteiger partial charge in [0, 0.05) is 32.0 Å². The first-order valence-corrected chi connectivity index (χ1v) is 8.01. The van der Waals surface area contributed by atoms with Crippen molar-refractivity contribution >= 4 is 5.96 Å². The van der Waals surface area contributed by atoms with Crippen LogP contribution in [0, 0.1) is 0 Å². The van der Waals surface area contributed by atoms with Crippen LogP contribution in [0.15, 0.2) is 59.9 Å². The fraction of sp³-hybridized carbons (Fsp3) is 0.333. The van der Waals surface area contributed by atoms with Gasteiger partial charge < -0.3 is 15.2 Å². The number of aliphatic imine (C=N–C) groups is 1. The van der Waals surface area contributed by atoms with Gasteiger partial charge in [0.25, 0.3) is 0 Å². The molecule has 0 bridgehead atoms. The number of nitrogens with one attached hydrogen (secondary N) is 2. The van der Waals surface area contributed by atoms with Crippen molar-refractivity contribution in [2.45, 2.75) is 32.0 Å². The van der Waals surface area contributed by atoms with Crippen molar-refractivity contribution in [3.8, 4) is 0 Å². The Labute approximate surface area is 137 Å². The van der Waals surface area contributed by atoms with Gasteiger partial charge in [0.2, 0.25) is 0 Å². The summed E-state index contributed by atoms with van der Waals surface area (Å²) in [4.78, 5) is 8.75. The first-order chi connectivity index (χ1) is 11.3. The minimum atomic E-state index is 0.449. The number of rotatable bonds is 5. The molecule has 5 heteroatoms. The predicted octanol–water partition coefficient (Wildman–Crippen LogP) is 2.31. The van der Waals surface area contributed by atoms with E-state index in [9.17, 15) is 0 Å². The number of benzene rings is 1. The van der Waals surface area contributed by atoms with Gasteiger partial charge in [-0.3, -0.25) is 4.99 Å². The van der Waals surface area contributed by atoms with E-state index in [4.69, 9.17) is 0 Å². The molecular formula is C18H23N5. The third-order valence-corrected chi connectivity index (χ3v) is 3.98. The Hall–Kier alpha value is -2.56. The van der Waals surface area contributed by atoms with E-state index in [-0.39, 0.29) is 0 Å². The molecule has 3 rings (SSSR count). The molecule has 0 saturated heterocycles. The molecular weight excluding hydrogens is 286 g/mol. The van der Waals surface area contributed by atoms with Crippen LogP contribution in [0.2, 0.25) is 0 Å². The van der Waals surface area contributed by atoms with Gasteiger partial charge in [-0.15, -0.1) is 0 Å². The molecule has 0 atom stereocenters. The molecule has 0 saturated carbocycles. The average Bonchev–Trinajstić information content (AvgIpc) is 3.24. The van der Waals surface area contributed by atoms with Crippen LogP contribution in [0.25, 0.3) is 0 Å². The molecule has 0 radical (unpaired) electrons. The summed E-state index contributed by atoms with van der Waals surface area (Å²) in [5.74, 6) is 1.83. The number of hydrogen-bond acceptors (Lipinski definition) is 2. The Bertz CT molecular complexity index is 664. The molecule has 2 N–H and O–H groups in total. The predicted molar refractivity (Wildman–Crippen MR) is 93.3 cm³/mol. The topological polar surface area (TPSA) is 54.2 Å². The maximum Gasteiger partial charge on any atom is 0.191 e. The van der Waals surface area contributed by atoms with Gasteiger partial charge in [0.1, 0.15) is 5.82 Å². The number of nitrogens with zero attached hydrogens (tertiary/aromatic N) is 3. The molecule has 2 aromatic rings. The van der Waals surface area contributed by atoms with Gasteiger partial charge in [0.05, 0.1) is 6.54 Å². The van der Waals surface area contributed by atoms with Gasteiger partial charge in [-0.2, -0.15) is 0 Å². The second-order valence-corrected chi connectivity index (χ2v) is 5.67. The van der Waals surface area contributed by atoms with Gasteiger partial charge >= 0.3 is 0 Å². The SMILES string of the molecule is CN=C(NCc1nccn1Cc1ccccc1)NC1CC=CC1. The minimum Gasteiger partial charge on any atom is -0.353 e. The third-order valence-electron chi connectivity index (χ3n) is 3.98.